The molecular formula is C14H18N2O3S2. The molecule has 1 aromatic heterocycles. The molecule has 0 aliphatic carbocycles. The fraction of sp³-hybridized carbons (Fsp3) is 0.357. The zero-order chi connectivity index (χ0) is 15.5. The number of hydrogen-bond acceptors (Lipinski definition) is 5. The van der Waals surface area contributed by atoms with Crippen molar-refractivity contribution < 1.29 is 13.2 Å². The second-order valence-corrected chi connectivity index (χ2v) is 7.85. The van der Waals surface area contributed by atoms with Gasteiger partial charge in [0.1, 0.15) is 10.8 Å². The minimum Gasteiger partial charge on any atom is -0.496 e. The van der Waals surface area contributed by atoms with E-state index < -0.39 is 10.0 Å². The summed E-state index contributed by atoms with van der Waals surface area (Å²) in [7, 11) is 1.51. The first-order valence-corrected chi connectivity index (χ1v) is 8.91. The van der Waals surface area contributed by atoms with Crippen molar-refractivity contribution in [3.63, 3.8) is 0 Å². The number of aryl methyl sites for hydroxylation is 1. The van der Waals surface area contributed by atoms with Crippen LogP contribution < -0.4 is 4.74 Å². The van der Waals surface area contributed by atoms with E-state index >= 15 is 0 Å². The molecule has 0 aliphatic heterocycles. The summed E-state index contributed by atoms with van der Waals surface area (Å²) in [6.07, 6.45) is 0.409. The van der Waals surface area contributed by atoms with Gasteiger partial charge < -0.3 is 4.74 Å². The van der Waals surface area contributed by atoms with E-state index in [1.165, 1.54) is 29.7 Å². The van der Waals surface area contributed by atoms with E-state index in [0.29, 0.717) is 6.42 Å². The van der Waals surface area contributed by atoms with Gasteiger partial charge >= 0.3 is 0 Å². The largest absolute Gasteiger partial charge is 0.496 e. The number of methoxy groups -OCH3 is 1. The first-order chi connectivity index (χ1) is 9.94. The lowest BCUT2D eigenvalue weighted by Gasteiger charge is -2.09. The summed E-state index contributed by atoms with van der Waals surface area (Å²) in [5.41, 5.74) is 1.71. The van der Waals surface area contributed by atoms with Crippen LogP contribution in [0.4, 0.5) is 0 Å². The number of benzene rings is 1. The van der Waals surface area contributed by atoms with Crippen molar-refractivity contribution in [3.8, 4) is 16.3 Å². The van der Waals surface area contributed by atoms with Crippen LogP contribution in [-0.4, -0.2) is 44.7 Å². The van der Waals surface area contributed by atoms with Crippen molar-refractivity contribution in [2.24, 2.45) is 0 Å². The fourth-order valence-corrected chi connectivity index (χ4v) is 3.50. The number of sulfonamides is 1. The number of thiazole rings is 1. The monoisotopic (exact) mass is 326 g/mol. The smallest absolute Gasteiger partial charge is 0.213 e. The Morgan fingerprint density at radius 2 is 2.00 bits per heavy atom. The van der Waals surface area contributed by atoms with Crippen molar-refractivity contribution in [1.29, 1.82) is 0 Å². The molecule has 0 fully saturated rings. The van der Waals surface area contributed by atoms with E-state index in [9.17, 15) is 8.42 Å². The predicted molar refractivity (Wildman–Crippen MR) is 85.3 cm³/mol. The van der Waals surface area contributed by atoms with Crippen LogP contribution in [0.2, 0.25) is 0 Å². The van der Waals surface area contributed by atoms with Gasteiger partial charge in [0, 0.05) is 25.9 Å². The van der Waals surface area contributed by atoms with Crippen molar-refractivity contribution in [1.82, 2.24) is 9.29 Å². The van der Waals surface area contributed by atoms with Gasteiger partial charge in [-0.1, -0.05) is 12.1 Å². The summed E-state index contributed by atoms with van der Waals surface area (Å²) in [6.45, 7) is 0. The zero-order valence-electron chi connectivity index (χ0n) is 12.2. The minimum absolute atomic E-state index is 0.0646. The topological polar surface area (TPSA) is 59.5 Å². The molecular weight excluding hydrogens is 308 g/mol. The Labute approximate surface area is 129 Å². The molecule has 0 saturated heterocycles. The zero-order valence-corrected chi connectivity index (χ0v) is 13.9. The second-order valence-electron chi connectivity index (χ2n) is 4.69. The molecule has 0 aliphatic rings. The van der Waals surface area contributed by atoms with Crippen LogP contribution >= 0.6 is 11.3 Å². The number of ether oxygens (including phenoxy) is 1. The fourth-order valence-electron chi connectivity index (χ4n) is 1.78. The number of rotatable bonds is 6. The molecule has 0 atom stereocenters. The van der Waals surface area contributed by atoms with E-state index in [1.54, 1.807) is 7.11 Å². The van der Waals surface area contributed by atoms with Crippen molar-refractivity contribution >= 4 is 21.4 Å². The van der Waals surface area contributed by atoms with Gasteiger partial charge in [0.2, 0.25) is 10.0 Å². The Morgan fingerprint density at radius 3 is 2.67 bits per heavy atom. The summed E-state index contributed by atoms with van der Waals surface area (Å²) in [6, 6.07) is 7.65. The number of hydrogen-bond donors (Lipinski definition) is 0. The lowest BCUT2D eigenvalue weighted by molar-refractivity contribution is 0.416. The molecule has 0 radical (unpaired) electrons. The molecule has 7 heteroatoms. The van der Waals surface area contributed by atoms with Crippen LogP contribution in [-0.2, 0) is 16.4 Å². The van der Waals surface area contributed by atoms with Gasteiger partial charge in [-0.2, -0.15) is 0 Å². The maximum absolute atomic E-state index is 11.8. The molecule has 0 unspecified atom stereocenters. The highest BCUT2D eigenvalue weighted by molar-refractivity contribution is 7.89. The molecule has 1 heterocycles. The van der Waals surface area contributed by atoms with E-state index in [1.807, 2.05) is 29.6 Å². The average molecular weight is 326 g/mol. The highest BCUT2D eigenvalue weighted by Crippen LogP contribution is 2.31. The predicted octanol–water partition coefficient (Wildman–Crippen LogP) is 2.25. The summed E-state index contributed by atoms with van der Waals surface area (Å²) >= 11 is 1.49. The van der Waals surface area contributed by atoms with Crippen molar-refractivity contribution in [3.05, 3.63) is 35.3 Å². The minimum atomic E-state index is -3.19. The Balaban J connectivity index is 2.15. The molecule has 0 amide bonds. The summed E-state index contributed by atoms with van der Waals surface area (Å²) in [5, 5.41) is 2.73. The Kier molecular flexibility index (Phi) is 4.97. The third-order valence-electron chi connectivity index (χ3n) is 3.06. The second kappa shape index (κ2) is 6.55. The van der Waals surface area contributed by atoms with Gasteiger partial charge in [-0.3, -0.25) is 0 Å². The number of para-hydroxylation sites is 1. The lowest BCUT2D eigenvalue weighted by Crippen LogP contribution is -2.26. The van der Waals surface area contributed by atoms with Crippen LogP contribution in [0.5, 0.6) is 5.75 Å². The maximum Gasteiger partial charge on any atom is 0.213 e. The first kappa shape index (κ1) is 15.9. The Hall–Kier alpha value is -1.44. The lowest BCUT2D eigenvalue weighted by atomic mass is 10.2. The molecule has 0 saturated carbocycles. The summed E-state index contributed by atoms with van der Waals surface area (Å²) < 4.78 is 30.1. The van der Waals surface area contributed by atoms with Crippen LogP contribution in [0.15, 0.2) is 29.6 Å². The Bertz CT molecular complexity index is 709. The molecule has 1 aromatic carbocycles. The molecule has 0 spiro atoms. The SMILES string of the molecule is COc1ccccc1-c1nc(CCS(=O)(=O)N(C)C)cs1. The number of aromatic nitrogens is 1. The van der Waals surface area contributed by atoms with Crippen LogP contribution in [0, 0.1) is 0 Å². The van der Waals surface area contributed by atoms with E-state index in [4.69, 9.17) is 4.74 Å². The number of nitrogens with zero attached hydrogens (tertiary/aromatic N) is 2. The van der Waals surface area contributed by atoms with E-state index in [-0.39, 0.29) is 5.75 Å². The van der Waals surface area contributed by atoms with Gasteiger partial charge in [-0.15, -0.1) is 11.3 Å². The van der Waals surface area contributed by atoms with Gasteiger partial charge in [-0.25, -0.2) is 17.7 Å². The normalized spacial score (nSPS) is 11.8. The molecule has 2 rings (SSSR count). The first-order valence-electron chi connectivity index (χ1n) is 6.42. The highest BCUT2D eigenvalue weighted by Gasteiger charge is 2.15. The Morgan fingerprint density at radius 1 is 1.29 bits per heavy atom. The van der Waals surface area contributed by atoms with Crippen LogP contribution in [0.1, 0.15) is 5.69 Å². The van der Waals surface area contributed by atoms with Gasteiger partial charge in [0.15, 0.2) is 0 Å². The molecule has 21 heavy (non-hydrogen) atoms. The van der Waals surface area contributed by atoms with Gasteiger partial charge in [0.25, 0.3) is 0 Å². The summed E-state index contributed by atoms with van der Waals surface area (Å²) in [5.74, 6) is 0.828. The van der Waals surface area contributed by atoms with Crippen LogP contribution in [0.25, 0.3) is 10.6 Å². The summed E-state index contributed by atoms with van der Waals surface area (Å²) in [4.78, 5) is 4.51. The third-order valence-corrected chi connectivity index (χ3v) is 5.82. The third kappa shape index (κ3) is 3.81. The maximum atomic E-state index is 11.8. The molecule has 0 N–H and O–H groups in total. The highest BCUT2D eigenvalue weighted by atomic mass is 32.2. The quantitative estimate of drug-likeness (QED) is 0.817. The van der Waals surface area contributed by atoms with Crippen molar-refractivity contribution in [2.45, 2.75) is 6.42 Å². The molecule has 0 bridgehead atoms. The van der Waals surface area contributed by atoms with E-state index in [2.05, 4.69) is 4.98 Å². The van der Waals surface area contributed by atoms with Crippen LogP contribution in [0.3, 0.4) is 0 Å². The van der Waals surface area contributed by atoms with E-state index in [0.717, 1.165) is 22.0 Å². The van der Waals surface area contributed by atoms with Gasteiger partial charge in [0.05, 0.1) is 24.1 Å². The van der Waals surface area contributed by atoms with Crippen molar-refractivity contribution in [2.75, 3.05) is 27.0 Å². The molecule has 114 valence electrons. The standard InChI is InChI=1S/C14H18N2O3S2/c1-16(2)21(17,18)9-8-11-10-20-14(15-11)12-6-4-5-7-13(12)19-3/h4-7,10H,8-9H2,1-3H3. The molecule has 2 aromatic rings. The molecule has 5 nitrogen and oxygen atoms in total. The van der Waals surface area contributed by atoms with Gasteiger partial charge in [-0.05, 0) is 12.1 Å². The average Bonchev–Trinajstić information content (AvgIpc) is 2.94.